The molecule has 0 aliphatic heterocycles. The maximum absolute atomic E-state index is 10.7. The Hall–Kier alpha value is 1.11. The molecule has 0 rings (SSSR count). The third-order valence-electron chi connectivity index (χ3n) is 1.76. The molecule has 4 heteroatoms. The Bertz CT molecular complexity index is 99.3. The van der Waals surface area contributed by atoms with Crippen LogP contribution in [0, 0.1) is 0 Å². The van der Waals surface area contributed by atoms with Crippen LogP contribution in [0.1, 0.15) is 60.3 Å². The van der Waals surface area contributed by atoms with E-state index in [-0.39, 0.29) is 43.8 Å². The van der Waals surface area contributed by atoms with E-state index in [4.69, 9.17) is 0 Å². The molecule has 0 spiro atoms. The van der Waals surface area contributed by atoms with E-state index in [0.29, 0.717) is 0 Å². The van der Waals surface area contributed by atoms with Crippen molar-refractivity contribution in [3.63, 3.8) is 0 Å². The predicted octanol–water partition coefficient (Wildman–Crippen LogP) is -4.53. The molecular weight excluding hydrogens is 178 g/mol. The van der Waals surface area contributed by atoms with Gasteiger partial charge < -0.3 is 10.2 Å². The summed E-state index contributed by atoms with van der Waals surface area (Å²) in [4.78, 5) is 0. The summed E-state index contributed by atoms with van der Waals surface area (Å²) in [6.45, 7) is 9.30. The fourth-order valence-electron chi connectivity index (χ4n) is 0.891. The van der Waals surface area contributed by atoms with Gasteiger partial charge in [0.1, 0.15) is 0 Å². The Balaban J connectivity index is -0.0000000718. The summed E-state index contributed by atoms with van der Waals surface area (Å²) in [5.74, 6) is 0. The largest absolute Gasteiger partial charge is 1.00 e. The molecule has 82 valence electrons. The van der Waals surface area contributed by atoms with Gasteiger partial charge in [-0.3, -0.25) is 0 Å². The van der Waals surface area contributed by atoms with Crippen LogP contribution in [0.4, 0.5) is 0 Å². The molecule has 0 saturated carbocycles. The second-order valence-electron chi connectivity index (χ2n) is 3.95. The SMILES string of the molecule is CCC([O-])CC.CCCC(C)(C)[O-].[Li+].[Li+]. The van der Waals surface area contributed by atoms with Crippen molar-refractivity contribution in [1.82, 2.24) is 0 Å². The molecule has 0 amide bonds. The summed E-state index contributed by atoms with van der Waals surface area (Å²) in [7, 11) is 0. The van der Waals surface area contributed by atoms with Crippen molar-refractivity contribution >= 4 is 0 Å². The molecule has 0 aliphatic carbocycles. The molecule has 0 saturated heterocycles. The summed E-state index contributed by atoms with van der Waals surface area (Å²) >= 11 is 0. The monoisotopic (exact) mass is 202 g/mol. The molecule has 0 heterocycles. The first-order valence-corrected chi connectivity index (χ1v) is 5.23. The van der Waals surface area contributed by atoms with Crippen LogP contribution in [0.3, 0.4) is 0 Å². The van der Waals surface area contributed by atoms with Gasteiger partial charge in [0.05, 0.1) is 0 Å². The van der Waals surface area contributed by atoms with Gasteiger partial charge >= 0.3 is 37.7 Å². The molecule has 2 nitrogen and oxygen atoms in total. The summed E-state index contributed by atoms with van der Waals surface area (Å²) in [6.07, 6.45) is 3.02. The minimum atomic E-state index is -0.700. The average Bonchev–Trinajstić information content (AvgIpc) is 2.02. The van der Waals surface area contributed by atoms with Crippen LogP contribution in [0.15, 0.2) is 0 Å². The Morgan fingerprint density at radius 2 is 1.33 bits per heavy atom. The first kappa shape index (κ1) is 25.1. The number of rotatable bonds is 4. The predicted molar refractivity (Wildman–Crippen MR) is 53.4 cm³/mol. The van der Waals surface area contributed by atoms with Crippen molar-refractivity contribution < 1.29 is 47.9 Å². The first-order chi connectivity index (χ1) is 5.87. The second kappa shape index (κ2) is 15.1. The fraction of sp³-hybridized carbons (Fsp3) is 1.00. The van der Waals surface area contributed by atoms with Gasteiger partial charge in [-0.25, -0.2) is 0 Å². The normalized spacial score (nSPS) is 9.60. The summed E-state index contributed by atoms with van der Waals surface area (Å²) in [5, 5.41) is 21.0. The van der Waals surface area contributed by atoms with E-state index in [0.717, 1.165) is 25.7 Å². The molecule has 0 aliphatic rings. The molecule has 0 aromatic carbocycles. The van der Waals surface area contributed by atoms with Crippen LogP contribution in [-0.4, -0.2) is 11.7 Å². The quantitative estimate of drug-likeness (QED) is 0.431. The zero-order chi connectivity index (χ0) is 10.9. The van der Waals surface area contributed by atoms with Crippen LogP contribution < -0.4 is 47.9 Å². The maximum Gasteiger partial charge on any atom is 1.00 e. The van der Waals surface area contributed by atoms with Crippen LogP contribution >= 0.6 is 0 Å². The molecule has 0 N–H and O–H groups in total. The van der Waals surface area contributed by atoms with Gasteiger partial charge in [0, 0.05) is 0 Å². The summed E-state index contributed by atoms with van der Waals surface area (Å²) in [6, 6.07) is 0. The van der Waals surface area contributed by atoms with E-state index in [1.165, 1.54) is 0 Å². The van der Waals surface area contributed by atoms with E-state index in [1.807, 2.05) is 20.8 Å². The molecule has 0 unspecified atom stereocenters. The molecule has 15 heavy (non-hydrogen) atoms. The fourth-order valence-corrected chi connectivity index (χ4v) is 0.891. The van der Waals surface area contributed by atoms with Crippen molar-refractivity contribution in [2.75, 3.05) is 0 Å². The molecule has 0 fully saturated rings. The molecule has 0 bridgehead atoms. The molecular formula is C11H24Li2O2. The van der Waals surface area contributed by atoms with Crippen molar-refractivity contribution in [3.05, 3.63) is 0 Å². The van der Waals surface area contributed by atoms with Crippen LogP contribution in [-0.2, 0) is 0 Å². The third kappa shape index (κ3) is 31.3. The Labute approximate surface area is 120 Å². The van der Waals surface area contributed by atoms with Crippen molar-refractivity contribution in [2.45, 2.75) is 72.0 Å². The topological polar surface area (TPSA) is 46.1 Å². The van der Waals surface area contributed by atoms with Gasteiger partial charge in [0.2, 0.25) is 0 Å². The van der Waals surface area contributed by atoms with E-state index in [1.54, 1.807) is 13.8 Å². The van der Waals surface area contributed by atoms with Crippen LogP contribution in [0.5, 0.6) is 0 Å². The average molecular weight is 202 g/mol. The first-order valence-electron chi connectivity index (χ1n) is 5.23. The molecule has 0 radical (unpaired) electrons. The van der Waals surface area contributed by atoms with Crippen molar-refractivity contribution in [3.8, 4) is 0 Å². The minimum Gasteiger partial charge on any atom is -0.852 e. The zero-order valence-electron chi connectivity index (χ0n) is 11.7. The van der Waals surface area contributed by atoms with Gasteiger partial charge in [-0.05, 0) is 0 Å². The van der Waals surface area contributed by atoms with Gasteiger partial charge in [0.15, 0.2) is 0 Å². The van der Waals surface area contributed by atoms with Crippen molar-refractivity contribution in [2.24, 2.45) is 0 Å². The number of hydrogen-bond acceptors (Lipinski definition) is 2. The van der Waals surface area contributed by atoms with Gasteiger partial charge in [0.25, 0.3) is 0 Å². The minimum absolute atomic E-state index is 0. The standard InChI is InChI=1S/C6H13O.C5H11O.2Li/c1-4-5-6(2,3)7;1-3-5(6)4-2;;/h4-5H2,1-3H3;5H,3-4H2,1-2H3;;/q2*-1;2*+1. The van der Waals surface area contributed by atoms with Gasteiger partial charge in [-0.2, -0.15) is 0 Å². The number of hydrogen-bond donors (Lipinski definition) is 0. The van der Waals surface area contributed by atoms with Crippen LogP contribution in [0.25, 0.3) is 0 Å². The van der Waals surface area contributed by atoms with E-state index >= 15 is 0 Å². The molecule has 0 aromatic heterocycles. The summed E-state index contributed by atoms with van der Waals surface area (Å²) in [5.41, 5.74) is -0.700. The maximum atomic E-state index is 10.7. The van der Waals surface area contributed by atoms with Crippen LogP contribution in [0.2, 0.25) is 0 Å². The van der Waals surface area contributed by atoms with Crippen molar-refractivity contribution in [1.29, 1.82) is 0 Å². The Morgan fingerprint density at radius 1 is 1.00 bits per heavy atom. The molecule has 0 aromatic rings. The Kier molecular flexibility index (Phi) is 25.3. The van der Waals surface area contributed by atoms with E-state index < -0.39 is 5.60 Å². The van der Waals surface area contributed by atoms with Gasteiger partial charge in [-0.1, -0.05) is 60.3 Å². The summed E-state index contributed by atoms with van der Waals surface area (Å²) < 4.78 is 0. The van der Waals surface area contributed by atoms with Gasteiger partial charge in [-0.15, -0.1) is 11.7 Å². The van der Waals surface area contributed by atoms with E-state index in [9.17, 15) is 10.2 Å². The van der Waals surface area contributed by atoms with E-state index in [2.05, 4.69) is 0 Å². The third-order valence-corrected chi connectivity index (χ3v) is 1.76. The smallest absolute Gasteiger partial charge is 0.852 e. The second-order valence-corrected chi connectivity index (χ2v) is 3.95. The zero-order valence-corrected chi connectivity index (χ0v) is 11.7. The Morgan fingerprint density at radius 3 is 1.33 bits per heavy atom. The molecule has 0 atom stereocenters.